The van der Waals surface area contributed by atoms with E-state index in [1.54, 1.807) is 7.11 Å². The number of rotatable bonds is 6. The predicted octanol–water partition coefficient (Wildman–Crippen LogP) is 0.115. The predicted molar refractivity (Wildman–Crippen MR) is 43.7 cm³/mol. The second-order valence-corrected chi connectivity index (χ2v) is 2.21. The highest BCUT2D eigenvalue weighted by molar-refractivity contribution is 5.87. The molecule has 0 radical (unpaired) electrons. The molecule has 70 valence electrons. The fourth-order valence-corrected chi connectivity index (χ4v) is 0.568. The van der Waals surface area contributed by atoms with Crippen LogP contribution in [-0.4, -0.2) is 38.0 Å². The van der Waals surface area contributed by atoms with E-state index in [0.717, 1.165) is 0 Å². The summed E-state index contributed by atoms with van der Waals surface area (Å²) in [6, 6.07) is 0. The van der Waals surface area contributed by atoms with Crippen LogP contribution in [0.25, 0.3) is 0 Å². The summed E-state index contributed by atoms with van der Waals surface area (Å²) in [6.45, 7) is 3.82. The van der Waals surface area contributed by atoms with E-state index >= 15 is 0 Å². The number of carbonyl (C=O) groups is 1. The number of esters is 1. The number of hydrogen-bond acceptors (Lipinski definition) is 4. The molecule has 0 fully saturated rings. The van der Waals surface area contributed by atoms with Crippen LogP contribution in [0.1, 0.15) is 6.42 Å². The van der Waals surface area contributed by atoms with Crippen LogP contribution in [0.5, 0.6) is 0 Å². The van der Waals surface area contributed by atoms with Crippen LogP contribution in [0.2, 0.25) is 0 Å². The van der Waals surface area contributed by atoms with Gasteiger partial charge in [0, 0.05) is 19.1 Å². The highest BCUT2D eigenvalue weighted by Gasteiger charge is 2.06. The summed E-state index contributed by atoms with van der Waals surface area (Å²) in [6.07, 6.45) is 0.459. The van der Waals surface area contributed by atoms with Gasteiger partial charge in [0.25, 0.3) is 0 Å². The van der Waals surface area contributed by atoms with Gasteiger partial charge in [-0.25, -0.2) is 4.79 Å². The Morgan fingerprint density at radius 2 is 2.17 bits per heavy atom. The number of hydrogen-bond donors (Lipinski definition) is 1. The van der Waals surface area contributed by atoms with E-state index in [-0.39, 0.29) is 13.2 Å². The van der Waals surface area contributed by atoms with E-state index < -0.39 is 5.97 Å². The van der Waals surface area contributed by atoms with Crippen molar-refractivity contribution in [3.05, 3.63) is 12.2 Å². The van der Waals surface area contributed by atoms with Crippen molar-refractivity contribution in [2.24, 2.45) is 0 Å². The summed E-state index contributed by atoms with van der Waals surface area (Å²) >= 11 is 0. The Morgan fingerprint density at radius 3 is 2.67 bits per heavy atom. The van der Waals surface area contributed by atoms with Gasteiger partial charge in [0.2, 0.25) is 0 Å². The van der Waals surface area contributed by atoms with Crippen LogP contribution in [0, 0.1) is 0 Å². The van der Waals surface area contributed by atoms with Crippen molar-refractivity contribution in [1.82, 2.24) is 0 Å². The Morgan fingerprint density at radius 1 is 1.50 bits per heavy atom. The molecule has 0 unspecified atom stereocenters. The van der Waals surface area contributed by atoms with E-state index in [9.17, 15) is 4.79 Å². The lowest BCUT2D eigenvalue weighted by Crippen LogP contribution is -2.11. The SMILES string of the molecule is C=C(CCOC)C(=O)OCCO. The first kappa shape index (κ1) is 11.1. The molecule has 0 atom stereocenters. The molecule has 1 N–H and O–H groups in total. The monoisotopic (exact) mass is 174 g/mol. The molecule has 0 heterocycles. The van der Waals surface area contributed by atoms with Gasteiger partial charge >= 0.3 is 5.97 Å². The Bertz CT molecular complexity index is 135. The summed E-state index contributed by atoms with van der Waals surface area (Å²) in [5, 5.41) is 8.34. The van der Waals surface area contributed by atoms with Gasteiger partial charge < -0.3 is 14.6 Å². The lowest BCUT2D eigenvalue weighted by atomic mass is 10.2. The normalized spacial score (nSPS) is 9.50. The fraction of sp³-hybridized carbons (Fsp3) is 0.625. The van der Waals surface area contributed by atoms with E-state index in [2.05, 4.69) is 11.3 Å². The zero-order chi connectivity index (χ0) is 9.40. The molecular weight excluding hydrogens is 160 g/mol. The minimum atomic E-state index is -0.471. The number of carbonyl (C=O) groups excluding carboxylic acids is 1. The Labute approximate surface area is 71.8 Å². The maximum atomic E-state index is 10.9. The molecule has 0 spiro atoms. The van der Waals surface area contributed by atoms with Crippen molar-refractivity contribution in [2.45, 2.75) is 6.42 Å². The molecule has 0 saturated carbocycles. The molecule has 4 heteroatoms. The average molecular weight is 174 g/mol. The molecule has 0 rings (SSSR count). The zero-order valence-corrected chi connectivity index (χ0v) is 7.21. The number of aliphatic hydroxyl groups excluding tert-OH is 1. The first-order valence-corrected chi connectivity index (χ1v) is 3.67. The summed E-state index contributed by atoms with van der Waals surface area (Å²) < 4.78 is 9.36. The topological polar surface area (TPSA) is 55.8 Å². The number of ether oxygens (including phenoxy) is 2. The molecule has 0 bridgehead atoms. The summed E-state index contributed by atoms with van der Waals surface area (Å²) in [5.41, 5.74) is 0.366. The lowest BCUT2D eigenvalue weighted by Gasteiger charge is -2.04. The van der Waals surface area contributed by atoms with Crippen molar-refractivity contribution < 1.29 is 19.4 Å². The maximum Gasteiger partial charge on any atom is 0.333 e. The summed E-state index contributed by atoms with van der Waals surface area (Å²) in [4.78, 5) is 10.9. The number of aliphatic hydroxyl groups is 1. The highest BCUT2D eigenvalue weighted by atomic mass is 16.5. The standard InChI is InChI=1S/C8H14O4/c1-7(3-5-11-2)8(10)12-6-4-9/h9H,1,3-6H2,2H3. The molecule has 0 aromatic heterocycles. The molecule has 0 aliphatic heterocycles. The highest BCUT2D eigenvalue weighted by Crippen LogP contribution is 2.00. The first-order valence-electron chi connectivity index (χ1n) is 3.67. The third-order valence-corrected chi connectivity index (χ3v) is 1.22. The molecule has 0 aromatic rings. The third kappa shape index (κ3) is 4.87. The molecule has 0 saturated heterocycles. The van der Waals surface area contributed by atoms with Crippen molar-refractivity contribution >= 4 is 5.97 Å². The smallest absolute Gasteiger partial charge is 0.333 e. The van der Waals surface area contributed by atoms with Gasteiger partial charge in [-0.15, -0.1) is 0 Å². The van der Waals surface area contributed by atoms with Gasteiger partial charge in [-0.3, -0.25) is 0 Å². The van der Waals surface area contributed by atoms with Crippen molar-refractivity contribution in [2.75, 3.05) is 26.9 Å². The van der Waals surface area contributed by atoms with Crippen molar-refractivity contribution in [3.63, 3.8) is 0 Å². The van der Waals surface area contributed by atoms with Gasteiger partial charge in [0.15, 0.2) is 0 Å². The molecule has 0 aliphatic rings. The Balaban J connectivity index is 3.55. The van der Waals surface area contributed by atoms with E-state index in [4.69, 9.17) is 9.84 Å². The van der Waals surface area contributed by atoms with Crippen molar-refractivity contribution in [1.29, 1.82) is 0 Å². The van der Waals surface area contributed by atoms with E-state index in [1.165, 1.54) is 0 Å². The van der Waals surface area contributed by atoms with Gasteiger partial charge in [-0.2, -0.15) is 0 Å². The van der Waals surface area contributed by atoms with Gasteiger partial charge in [-0.1, -0.05) is 6.58 Å². The molecule has 12 heavy (non-hydrogen) atoms. The molecule has 0 aliphatic carbocycles. The van der Waals surface area contributed by atoms with Crippen LogP contribution >= 0.6 is 0 Å². The quantitative estimate of drug-likeness (QED) is 0.459. The van der Waals surface area contributed by atoms with Gasteiger partial charge in [-0.05, 0) is 0 Å². The third-order valence-electron chi connectivity index (χ3n) is 1.22. The first-order chi connectivity index (χ1) is 5.72. The van der Waals surface area contributed by atoms with Gasteiger partial charge in [0.05, 0.1) is 13.2 Å². The van der Waals surface area contributed by atoms with Crippen LogP contribution < -0.4 is 0 Å². The zero-order valence-electron chi connectivity index (χ0n) is 7.21. The molecule has 0 aromatic carbocycles. The van der Waals surface area contributed by atoms with E-state index in [0.29, 0.717) is 18.6 Å². The Kier molecular flexibility index (Phi) is 6.32. The fourth-order valence-electron chi connectivity index (χ4n) is 0.568. The number of methoxy groups -OCH3 is 1. The maximum absolute atomic E-state index is 10.9. The molecule has 0 amide bonds. The largest absolute Gasteiger partial charge is 0.460 e. The van der Waals surface area contributed by atoms with Crippen LogP contribution in [0.3, 0.4) is 0 Å². The second kappa shape index (κ2) is 6.82. The minimum absolute atomic E-state index is 0.0187. The van der Waals surface area contributed by atoms with Crippen LogP contribution in [0.15, 0.2) is 12.2 Å². The van der Waals surface area contributed by atoms with Gasteiger partial charge in [0.1, 0.15) is 6.61 Å². The average Bonchev–Trinajstić information content (AvgIpc) is 2.10. The minimum Gasteiger partial charge on any atom is -0.460 e. The van der Waals surface area contributed by atoms with Crippen molar-refractivity contribution in [3.8, 4) is 0 Å². The molecule has 4 nitrogen and oxygen atoms in total. The Hall–Kier alpha value is -0.870. The second-order valence-electron chi connectivity index (χ2n) is 2.21. The van der Waals surface area contributed by atoms with Crippen LogP contribution in [-0.2, 0) is 14.3 Å². The summed E-state index contributed by atoms with van der Waals surface area (Å²) in [5.74, 6) is -0.471. The molecular formula is C8H14O4. The summed E-state index contributed by atoms with van der Waals surface area (Å²) in [7, 11) is 1.55. The lowest BCUT2D eigenvalue weighted by molar-refractivity contribution is -0.140. The van der Waals surface area contributed by atoms with Crippen LogP contribution in [0.4, 0.5) is 0 Å². The van der Waals surface area contributed by atoms with E-state index in [1.807, 2.05) is 0 Å².